The second kappa shape index (κ2) is 6.19. The van der Waals surface area contributed by atoms with Crippen LogP contribution in [0.2, 0.25) is 5.02 Å². The molecule has 0 radical (unpaired) electrons. The highest BCUT2D eigenvalue weighted by atomic mass is 35.5. The van der Waals surface area contributed by atoms with E-state index in [1.807, 2.05) is 0 Å². The van der Waals surface area contributed by atoms with Crippen LogP contribution in [-0.2, 0) is 0 Å². The van der Waals surface area contributed by atoms with Crippen LogP contribution < -0.4 is 10.1 Å². The van der Waals surface area contributed by atoms with E-state index in [2.05, 4.69) is 28.1 Å². The van der Waals surface area contributed by atoms with Crippen molar-refractivity contribution in [1.29, 1.82) is 0 Å². The maximum atomic E-state index is 5.94. The van der Waals surface area contributed by atoms with Crippen molar-refractivity contribution in [2.75, 3.05) is 12.4 Å². The van der Waals surface area contributed by atoms with E-state index < -0.39 is 0 Å². The first kappa shape index (κ1) is 12.6. The van der Waals surface area contributed by atoms with Gasteiger partial charge in [-0.05, 0) is 6.42 Å². The number of nitrogens with zero attached hydrogens (tertiary/aromatic N) is 2. The van der Waals surface area contributed by atoms with Gasteiger partial charge in [0.1, 0.15) is 5.02 Å². The predicted molar refractivity (Wildman–Crippen MR) is 64.7 cm³/mol. The number of terminal acetylenes is 1. The number of halogens is 1. The highest BCUT2D eigenvalue weighted by molar-refractivity contribution is 6.32. The Kier molecular flexibility index (Phi) is 4.87. The molecule has 0 spiro atoms. The summed E-state index contributed by atoms with van der Waals surface area (Å²) >= 11 is 5.94. The lowest BCUT2D eigenvalue weighted by Crippen LogP contribution is -2.18. The third-order valence-corrected chi connectivity index (χ3v) is 2.27. The van der Waals surface area contributed by atoms with Crippen molar-refractivity contribution in [2.45, 2.75) is 25.8 Å². The quantitative estimate of drug-likeness (QED) is 0.802. The summed E-state index contributed by atoms with van der Waals surface area (Å²) in [6.07, 6.45) is 8.73. The summed E-state index contributed by atoms with van der Waals surface area (Å²) in [4.78, 5) is 7.97. The molecule has 0 aromatic carbocycles. The van der Waals surface area contributed by atoms with E-state index >= 15 is 0 Å². The summed E-state index contributed by atoms with van der Waals surface area (Å²) < 4.78 is 4.91. The number of nitrogens with one attached hydrogen (secondary N) is 1. The van der Waals surface area contributed by atoms with E-state index in [1.165, 1.54) is 13.3 Å². The molecule has 4 nitrogen and oxygen atoms in total. The monoisotopic (exact) mass is 239 g/mol. The maximum Gasteiger partial charge on any atom is 0.318 e. The molecule has 0 aliphatic rings. The lowest BCUT2D eigenvalue weighted by Gasteiger charge is -2.13. The molecule has 0 saturated heterocycles. The maximum absolute atomic E-state index is 5.94. The van der Waals surface area contributed by atoms with Crippen LogP contribution in [0, 0.1) is 12.3 Å². The number of ether oxygens (including phenoxy) is 1. The van der Waals surface area contributed by atoms with Gasteiger partial charge >= 0.3 is 6.01 Å². The van der Waals surface area contributed by atoms with Crippen LogP contribution in [0.5, 0.6) is 6.01 Å². The van der Waals surface area contributed by atoms with Crippen LogP contribution in [0.4, 0.5) is 5.82 Å². The van der Waals surface area contributed by atoms with Crippen LogP contribution in [0.3, 0.4) is 0 Å². The summed E-state index contributed by atoms with van der Waals surface area (Å²) in [6, 6.07) is 0.182. The molecule has 1 heterocycles. The van der Waals surface area contributed by atoms with Gasteiger partial charge < -0.3 is 10.1 Å². The van der Waals surface area contributed by atoms with E-state index in [0.717, 1.165) is 12.8 Å². The predicted octanol–water partition coefficient (Wildman–Crippen LogP) is 2.35. The van der Waals surface area contributed by atoms with Crippen LogP contribution in [0.25, 0.3) is 0 Å². The molecule has 1 aromatic rings. The molecule has 0 amide bonds. The van der Waals surface area contributed by atoms with E-state index in [0.29, 0.717) is 10.8 Å². The summed E-state index contributed by atoms with van der Waals surface area (Å²) in [5, 5.41) is 3.50. The van der Waals surface area contributed by atoms with Crippen LogP contribution in [0.15, 0.2) is 6.20 Å². The molecule has 16 heavy (non-hydrogen) atoms. The molecule has 1 aromatic heterocycles. The van der Waals surface area contributed by atoms with Crippen LogP contribution in [0.1, 0.15) is 19.8 Å². The third kappa shape index (κ3) is 3.28. The standard InChI is InChI=1S/C11H14ClN3O/c1-4-6-8(5-2)14-10-9(12)7-13-11(15-10)16-3/h2,7-8H,4,6H2,1,3H3,(H,13,14,15). The first-order valence-corrected chi connectivity index (χ1v) is 5.38. The molecule has 1 unspecified atom stereocenters. The topological polar surface area (TPSA) is 47.0 Å². The summed E-state index contributed by atoms with van der Waals surface area (Å²) in [7, 11) is 1.50. The van der Waals surface area contributed by atoms with Crippen molar-refractivity contribution in [3.63, 3.8) is 0 Å². The van der Waals surface area contributed by atoms with E-state index in [-0.39, 0.29) is 12.1 Å². The summed E-state index contributed by atoms with van der Waals surface area (Å²) in [5.74, 6) is 3.15. The lowest BCUT2D eigenvalue weighted by atomic mass is 10.2. The van der Waals surface area contributed by atoms with Gasteiger partial charge in [0.2, 0.25) is 0 Å². The Balaban J connectivity index is 2.82. The van der Waals surface area contributed by atoms with Crippen molar-refractivity contribution in [3.8, 4) is 18.4 Å². The molecule has 0 saturated carbocycles. The van der Waals surface area contributed by atoms with Gasteiger partial charge in [-0.25, -0.2) is 4.98 Å². The molecule has 1 atom stereocenters. The smallest absolute Gasteiger partial charge is 0.318 e. The Morgan fingerprint density at radius 1 is 1.69 bits per heavy atom. The van der Waals surface area contributed by atoms with Crippen molar-refractivity contribution in [2.24, 2.45) is 0 Å². The van der Waals surface area contributed by atoms with Crippen molar-refractivity contribution in [1.82, 2.24) is 9.97 Å². The fourth-order valence-corrected chi connectivity index (χ4v) is 1.35. The Morgan fingerprint density at radius 2 is 2.44 bits per heavy atom. The van der Waals surface area contributed by atoms with Crippen molar-refractivity contribution in [3.05, 3.63) is 11.2 Å². The van der Waals surface area contributed by atoms with Crippen molar-refractivity contribution < 1.29 is 4.74 Å². The van der Waals surface area contributed by atoms with Gasteiger partial charge in [0.15, 0.2) is 5.82 Å². The second-order valence-corrected chi connectivity index (χ2v) is 3.61. The van der Waals surface area contributed by atoms with Gasteiger partial charge in [0, 0.05) is 0 Å². The highest BCUT2D eigenvalue weighted by Crippen LogP contribution is 2.21. The third-order valence-electron chi connectivity index (χ3n) is 1.99. The molecule has 0 aliphatic carbocycles. The molecule has 5 heteroatoms. The number of methoxy groups -OCH3 is 1. The van der Waals surface area contributed by atoms with E-state index in [1.54, 1.807) is 0 Å². The average molecular weight is 240 g/mol. The first-order chi connectivity index (χ1) is 7.71. The largest absolute Gasteiger partial charge is 0.467 e. The van der Waals surface area contributed by atoms with E-state index in [4.69, 9.17) is 22.8 Å². The van der Waals surface area contributed by atoms with Crippen molar-refractivity contribution >= 4 is 17.4 Å². The Labute approximate surface area is 100 Å². The summed E-state index contributed by atoms with van der Waals surface area (Å²) in [5.41, 5.74) is 0. The normalized spacial score (nSPS) is 11.6. The minimum atomic E-state index is -0.0814. The number of rotatable bonds is 5. The Bertz CT molecular complexity index is 389. The average Bonchev–Trinajstić information content (AvgIpc) is 2.31. The molecule has 0 fully saturated rings. The molecular weight excluding hydrogens is 226 g/mol. The number of hydrogen-bond acceptors (Lipinski definition) is 4. The minimum absolute atomic E-state index is 0.0814. The molecule has 1 N–H and O–H groups in total. The SMILES string of the molecule is C#CC(CCC)Nc1nc(OC)ncc1Cl. The zero-order valence-corrected chi connectivity index (χ0v) is 10.1. The van der Waals surface area contributed by atoms with Crippen LogP contribution in [-0.4, -0.2) is 23.1 Å². The zero-order valence-electron chi connectivity index (χ0n) is 9.33. The van der Waals surface area contributed by atoms with Gasteiger partial charge in [-0.1, -0.05) is 30.9 Å². The Hall–Kier alpha value is -1.47. The van der Waals surface area contributed by atoms with E-state index in [9.17, 15) is 0 Å². The zero-order chi connectivity index (χ0) is 12.0. The molecule has 0 bridgehead atoms. The lowest BCUT2D eigenvalue weighted by molar-refractivity contribution is 0.380. The fraction of sp³-hybridized carbons (Fsp3) is 0.455. The fourth-order valence-electron chi connectivity index (χ4n) is 1.20. The van der Waals surface area contributed by atoms with Gasteiger partial charge in [-0.3, -0.25) is 0 Å². The van der Waals surface area contributed by atoms with Gasteiger partial charge in [-0.2, -0.15) is 4.98 Å². The minimum Gasteiger partial charge on any atom is -0.467 e. The van der Waals surface area contributed by atoms with Gasteiger partial charge in [0.05, 0.1) is 19.3 Å². The Morgan fingerprint density at radius 3 is 3.00 bits per heavy atom. The number of aromatic nitrogens is 2. The second-order valence-electron chi connectivity index (χ2n) is 3.21. The highest BCUT2D eigenvalue weighted by Gasteiger charge is 2.09. The van der Waals surface area contributed by atoms with Gasteiger partial charge in [0.25, 0.3) is 0 Å². The summed E-state index contributed by atoms with van der Waals surface area (Å²) in [6.45, 7) is 2.06. The number of anilines is 1. The first-order valence-electron chi connectivity index (χ1n) is 5.00. The molecule has 0 aliphatic heterocycles. The molecular formula is C11H14ClN3O. The van der Waals surface area contributed by atoms with Crippen LogP contribution >= 0.6 is 11.6 Å². The molecule has 1 rings (SSSR count). The molecule has 86 valence electrons. The number of hydrogen-bond donors (Lipinski definition) is 1. The van der Waals surface area contributed by atoms with Gasteiger partial charge in [-0.15, -0.1) is 6.42 Å².